The smallest absolute Gasteiger partial charge is 0.339 e. The molecule has 0 spiro atoms. The highest BCUT2D eigenvalue weighted by molar-refractivity contribution is 8.00. The minimum atomic E-state index is -0.601. The first-order chi connectivity index (χ1) is 11.9. The third-order valence-corrected chi connectivity index (χ3v) is 5.47. The van der Waals surface area contributed by atoms with Crippen LogP contribution in [0.1, 0.15) is 20.0 Å². The van der Waals surface area contributed by atoms with Crippen molar-refractivity contribution in [2.75, 3.05) is 26.5 Å². The third-order valence-electron chi connectivity index (χ3n) is 3.14. The average molecular weight is 398 g/mol. The van der Waals surface area contributed by atoms with E-state index in [-0.39, 0.29) is 24.1 Å². The molecule has 0 aliphatic heterocycles. The molecule has 2 rings (SSSR count). The lowest BCUT2D eigenvalue weighted by atomic mass is 10.2. The van der Waals surface area contributed by atoms with Gasteiger partial charge in [-0.2, -0.15) is 0 Å². The van der Waals surface area contributed by atoms with Gasteiger partial charge in [0.05, 0.1) is 20.5 Å². The van der Waals surface area contributed by atoms with Crippen LogP contribution in [0.5, 0.6) is 0 Å². The van der Waals surface area contributed by atoms with Gasteiger partial charge in [0.1, 0.15) is 0 Å². The summed E-state index contributed by atoms with van der Waals surface area (Å²) < 4.78 is 5.62. The molecule has 1 aromatic heterocycles. The van der Waals surface area contributed by atoms with Gasteiger partial charge in [-0.15, -0.1) is 23.1 Å². The van der Waals surface area contributed by atoms with Crippen LogP contribution in [-0.2, 0) is 9.53 Å². The Morgan fingerprint density at radius 2 is 1.88 bits per heavy atom. The highest BCUT2D eigenvalue weighted by Crippen LogP contribution is 2.24. The van der Waals surface area contributed by atoms with Gasteiger partial charge >= 0.3 is 5.97 Å². The van der Waals surface area contributed by atoms with E-state index in [0.717, 1.165) is 11.3 Å². The first kappa shape index (κ1) is 19.5. The summed E-state index contributed by atoms with van der Waals surface area (Å²) in [5.74, 6) is -0.753. The Hall–Kier alpha value is -1.83. The number of halogens is 1. The van der Waals surface area contributed by atoms with E-state index in [0.29, 0.717) is 19.7 Å². The molecule has 0 atom stereocenters. The number of thiophene rings is 1. The summed E-state index contributed by atoms with van der Waals surface area (Å²) >= 11 is 8.18. The maximum absolute atomic E-state index is 12.3. The molecule has 0 aliphatic carbocycles. The van der Waals surface area contributed by atoms with Crippen LogP contribution in [0.4, 0.5) is 0 Å². The summed E-state index contributed by atoms with van der Waals surface area (Å²) in [5.41, 5.74) is 0.330. The average Bonchev–Trinajstić information content (AvgIpc) is 3.03. The molecular formula is C17H16ClNO4S2. The van der Waals surface area contributed by atoms with Crippen molar-refractivity contribution < 1.29 is 19.1 Å². The molecule has 8 heteroatoms. The van der Waals surface area contributed by atoms with Gasteiger partial charge in [-0.25, -0.2) is 4.79 Å². The molecule has 25 heavy (non-hydrogen) atoms. The number of benzene rings is 1. The topological polar surface area (TPSA) is 63.7 Å². The Morgan fingerprint density at radius 1 is 1.16 bits per heavy atom. The van der Waals surface area contributed by atoms with Crippen LogP contribution in [-0.4, -0.2) is 49.0 Å². The number of ether oxygens (including phenoxy) is 1. The molecule has 0 aliphatic rings. The first-order valence-electron chi connectivity index (χ1n) is 7.26. The zero-order valence-electron chi connectivity index (χ0n) is 13.7. The van der Waals surface area contributed by atoms with Gasteiger partial charge in [0.15, 0.2) is 6.61 Å². The number of Topliss-reactive ketones (excluding diaryl/α,β-unsaturated/α-hetero) is 1. The second-order valence-corrected chi connectivity index (χ2v) is 7.91. The third kappa shape index (κ3) is 5.59. The van der Waals surface area contributed by atoms with E-state index in [1.807, 2.05) is 0 Å². The molecule has 0 unspecified atom stereocenters. The molecule has 0 radical (unpaired) electrons. The number of amides is 1. The maximum Gasteiger partial charge on any atom is 0.339 e. The molecule has 0 bridgehead atoms. The van der Waals surface area contributed by atoms with Crippen LogP contribution in [0.3, 0.4) is 0 Å². The van der Waals surface area contributed by atoms with Gasteiger partial charge in [0, 0.05) is 19.0 Å². The lowest BCUT2D eigenvalue weighted by Gasteiger charge is -2.11. The summed E-state index contributed by atoms with van der Waals surface area (Å²) in [6.07, 6.45) is 0. The predicted molar refractivity (Wildman–Crippen MR) is 99.8 cm³/mol. The lowest BCUT2D eigenvalue weighted by Crippen LogP contribution is -2.23. The van der Waals surface area contributed by atoms with Crippen molar-refractivity contribution in [1.29, 1.82) is 0 Å². The van der Waals surface area contributed by atoms with E-state index in [4.69, 9.17) is 16.3 Å². The van der Waals surface area contributed by atoms with Crippen molar-refractivity contribution in [3.63, 3.8) is 0 Å². The number of esters is 1. The standard InChI is InChI=1S/C17H16ClNO4S2/c1-19(2)16(21)10-24-13-6-4-3-5-11(13)17(22)23-9-12(20)14-7-8-15(18)25-14/h3-8H,9-10H2,1-2H3. The van der Waals surface area contributed by atoms with Crippen molar-refractivity contribution >= 4 is 52.4 Å². The van der Waals surface area contributed by atoms with E-state index in [1.54, 1.807) is 50.5 Å². The van der Waals surface area contributed by atoms with Gasteiger partial charge in [-0.05, 0) is 24.3 Å². The molecule has 0 N–H and O–H groups in total. The highest BCUT2D eigenvalue weighted by atomic mass is 35.5. The van der Waals surface area contributed by atoms with E-state index in [2.05, 4.69) is 0 Å². The van der Waals surface area contributed by atoms with Crippen LogP contribution in [0.25, 0.3) is 0 Å². The zero-order chi connectivity index (χ0) is 18.4. The largest absolute Gasteiger partial charge is 0.454 e. The summed E-state index contributed by atoms with van der Waals surface area (Å²) in [6.45, 7) is -0.356. The van der Waals surface area contributed by atoms with Gasteiger partial charge < -0.3 is 9.64 Å². The zero-order valence-corrected chi connectivity index (χ0v) is 16.0. The van der Waals surface area contributed by atoms with Crippen molar-refractivity contribution in [3.8, 4) is 0 Å². The van der Waals surface area contributed by atoms with E-state index in [1.165, 1.54) is 16.7 Å². The van der Waals surface area contributed by atoms with Crippen LogP contribution in [0, 0.1) is 0 Å². The second kappa shape index (κ2) is 9.03. The molecule has 1 heterocycles. The second-order valence-electron chi connectivity index (χ2n) is 5.18. The molecule has 0 fully saturated rings. The monoisotopic (exact) mass is 397 g/mol. The number of carbonyl (C=O) groups excluding carboxylic acids is 3. The summed E-state index contributed by atoms with van der Waals surface area (Å²) in [6, 6.07) is 10.0. The number of hydrogen-bond acceptors (Lipinski definition) is 6. The van der Waals surface area contributed by atoms with Crippen LogP contribution in [0.2, 0.25) is 4.34 Å². The Kier molecular flexibility index (Phi) is 7.04. The van der Waals surface area contributed by atoms with Crippen molar-refractivity contribution in [2.24, 2.45) is 0 Å². The Balaban J connectivity index is 1.99. The van der Waals surface area contributed by atoms with Crippen LogP contribution >= 0.6 is 34.7 Å². The SMILES string of the molecule is CN(C)C(=O)CSc1ccccc1C(=O)OCC(=O)c1ccc(Cl)s1. The summed E-state index contributed by atoms with van der Waals surface area (Å²) in [4.78, 5) is 38.5. The Labute approximate surface area is 158 Å². The van der Waals surface area contributed by atoms with Crippen LogP contribution < -0.4 is 0 Å². The minimum absolute atomic E-state index is 0.0575. The van der Waals surface area contributed by atoms with Crippen molar-refractivity contribution in [3.05, 3.63) is 51.2 Å². The van der Waals surface area contributed by atoms with Gasteiger partial charge in [-0.1, -0.05) is 23.7 Å². The number of hydrogen-bond donors (Lipinski definition) is 0. The fourth-order valence-electron chi connectivity index (χ4n) is 1.77. The number of thioether (sulfide) groups is 1. The minimum Gasteiger partial charge on any atom is -0.454 e. The number of carbonyl (C=O) groups is 3. The first-order valence-corrected chi connectivity index (χ1v) is 9.44. The van der Waals surface area contributed by atoms with Crippen LogP contribution in [0.15, 0.2) is 41.3 Å². The fourth-order valence-corrected chi connectivity index (χ4v) is 3.76. The normalized spacial score (nSPS) is 10.4. The fraction of sp³-hybridized carbons (Fsp3) is 0.235. The van der Waals surface area contributed by atoms with Crippen molar-refractivity contribution in [2.45, 2.75) is 4.90 Å². The molecule has 132 valence electrons. The summed E-state index contributed by atoms with van der Waals surface area (Å²) in [7, 11) is 3.34. The molecule has 0 saturated heterocycles. The van der Waals surface area contributed by atoms with Crippen molar-refractivity contribution in [1.82, 2.24) is 4.90 Å². The molecular weight excluding hydrogens is 382 g/mol. The summed E-state index contributed by atoms with van der Waals surface area (Å²) in [5, 5.41) is 0. The van der Waals surface area contributed by atoms with E-state index in [9.17, 15) is 14.4 Å². The predicted octanol–water partition coefficient (Wildman–Crippen LogP) is 3.62. The molecule has 2 aromatic rings. The Bertz CT molecular complexity index is 788. The van der Waals surface area contributed by atoms with E-state index < -0.39 is 5.97 Å². The highest BCUT2D eigenvalue weighted by Gasteiger charge is 2.17. The lowest BCUT2D eigenvalue weighted by molar-refractivity contribution is -0.125. The van der Waals surface area contributed by atoms with E-state index >= 15 is 0 Å². The number of nitrogens with zero attached hydrogens (tertiary/aromatic N) is 1. The molecule has 1 aromatic carbocycles. The molecule has 0 saturated carbocycles. The molecule has 1 amide bonds. The van der Waals surface area contributed by atoms with Gasteiger partial charge in [0.2, 0.25) is 11.7 Å². The number of ketones is 1. The van der Waals surface area contributed by atoms with Gasteiger partial charge in [0.25, 0.3) is 0 Å². The maximum atomic E-state index is 12.3. The molecule has 5 nitrogen and oxygen atoms in total. The quantitative estimate of drug-likeness (QED) is 0.405. The Morgan fingerprint density at radius 3 is 2.52 bits per heavy atom. The van der Waals surface area contributed by atoms with Gasteiger partial charge in [-0.3, -0.25) is 9.59 Å². The number of rotatable bonds is 7.